The number of rotatable bonds is 5. The summed E-state index contributed by atoms with van der Waals surface area (Å²) in [5.41, 5.74) is 8.45. The number of nitrogens with two attached hydrogens (primary N) is 1. The molecule has 0 aliphatic rings. The van der Waals surface area contributed by atoms with E-state index in [0.717, 1.165) is 6.07 Å². The molecular formula is C15H14N4O5. The Kier molecular flexibility index (Phi) is 4.95. The van der Waals surface area contributed by atoms with Gasteiger partial charge in [0, 0.05) is 22.9 Å². The Balaban J connectivity index is 2.16. The van der Waals surface area contributed by atoms with Crippen LogP contribution in [0, 0.1) is 10.1 Å². The number of phenolic OH excluding ortho intramolecular Hbond substituents is 1. The summed E-state index contributed by atoms with van der Waals surface area (Å²) in [5, 5.41) is 24.3. The van der Waals surface area contributed by atoms with Crippen LogP contribution < -0.4 is 15.9 Å². The predicted molar refractivity (Wildman–Crippen MR) is 87.2 cm³/mol. The summed E-state index contributed by atoms with van der Waals surface area (Å²) >= 11 is 0. The van der Waals surface area contributed by atoms with Crippen LogP contribution >= 0.6 is 0 Å². The zero-order valence-electron chi connectivity index (χ0n) is 12.6. The molecule has 0 spiro atoms. The maximum Gasteiger partial charge on any atom is 0.315 e. The van der Waals surface area contributed by atoms with E-state index in [-0.39, 0.29) is 11.3 Å². The Bertz CT molecular complexity index is 802. The highest BCUT2D eigenvalue weighted by Crippen LogP contribution is 2.36. The number of carbonyl (C=O) groups excluding carboxylic acids is 1. The van der Waals surface area contributed by atoms with Gasteiger partial charge in [-0.05, 0) is 30.3 Å². The van der Waals surface area contributed by atoms with Crippen molar-refractivity contribution >= 4 is 23.5 Å². The third-order valence-electron chi connectivity index (χ3n) is 3.05. The molecule has 9 heteroatoms. The highest BCUT2D eigenvalue weighted by Gasteiger charge is 2.19. The van der Waals surface area contributed by atoms with E-state index in [4.69, 9.17) is 10.5 Å². The number of benzene rings is 2. The number of anilines is 1. The van der Waals surface area contributed by atoms with Crippen LogP contribution in [0.3, 0.4) is 0 Å². The number of hydrazone groups is 1. The van der Waals surface area contributed by atoms with E-state index in [1.54, 1.807) is 12.1 Å². The first kappa shape index (κ1) is 16.7. The Labute approximate surface area is 136 Å². The van der Waals surface area contributed by atoms with Crippen LogP contribution in [0.2, 0.25) is 0 Å². The average Bonchev–Trinajstić information content (AvgIpc) is 2.56. The molecule has 1 amide bonds. The molecule has 0 aliphatic heterocycles. The predicted octanol–water partition coefficient (Wildman–Crippen LogP) is 1.66. The number of aromatic hydroxyl groups is 1. The van der Waals surface area contributed by atoms with Crippen molar-refractivity contribution in [3.63, 3.8) is 0 Å². The number of nitro groups is 1. The Morgan fingerprint density at radius 2 is 2.04 bits per heavy atom. The number of nitrogen functional groups attached to an aromatic ring is 1. The number of hydrogen-bond donors (Lipinski definition) is 3. The highest BCUT2D eigenvalue weighted by molar-refractivity contribution is 5.95. The van der Waals surface area contributed by atoms with Crippen molar-refractivity contribution < 1.29 is 19.6 Å². The van der Waals surface area contributed by atoms with Gasteiger partial charge in [-0.1, -0.05) is 0 Å². The molecular weight excluding hydrogens is 316 g/mol. The standard InChI is InChI=1S/C15H14N4O5/c1-24-13-7-9(6-12(14(13)20)19(22)23)8-17-18-15(21)10-2-4-11(16)5-3-10/h2-8,20H,16H2,1H3,(H,18,21)/b17-8-. The largest absolute Gasteiger partial charge is 0.500 e. The van der Waals surface area contributed by atoms with Crippen LogP contribution in [0.1, 0.15) is 15.9 Å². The van der Waals surface area contributed by atoms with Gasteiger partial charge < -0.3 is 15.6 Å². The number of amides is 1. The highest BCUT2D eigenvalue weighted by atomic mass is 16.6. The van der Waals surface area contributed by atoms with Gasteiger partial charge in [-0.2, -0.15) is 5.10 Å². The van der Waals surface area contributed by atoms with E-state index in [0.29, 0.717) is 11.3 Å². The van der Waals surface area contributed by atoms with Gasteiger partial charge in [0.05, 0.1) is 18.2 Å². The molecule has 24 heavy (non-hydrogen) atoms. The van der Waals surface area contributed by atoms with Crippen LogP contribution in [0.25, 0.3) is 0 Å². The minimum Gasteiger partial charge on any atom is -0.500 e. The van der Waals surface area contributed by atoms with Crippen LogP contribution in [0.4, 0.5) is 11.4 Å². The van der Waals surface area contributed by atoms with Crippen molar-refractivity contribution in [3.8, 4) is 11.5 Å². The third-order valence-corrected chi connectivity index (χ3v) is 3.05. The van der Waals surface area contributed by atoms with Gasteiger partial charge in [0.1, 0.15) is 0 Å². The minimum absolute atomic E-state index is 0.0736. The molecule has 2 aromatic rings. The van der Waals surface area contributed by atoms with Gasteiger partial charge in [0.2, 0.25) is 5.75 Å². The number of methoxy groups -OCH3 is 1. The van der Waals surface area contributed by atoms with Crippen molar-refractivity contribution in [3.05, 3.63) is 57.6 Å². The van der Waals surface area contributed by atoms with Gasteiger partial charge in [-0.3, -0.25) is 14.9 Å². The van der Waals surface area contributed by atoms with Crippen molar-refractivity contribution in [2.24, 2.45) is 5.10 Å². The maximum absolute atomic E-state index is 11.9. The monoisotopic (exact) mass is 330 g/mol. The number of nitrogens with zero attached hydrogens (tertiary/aromatic N) is 2. The molecule has 0 aliphatic carbocycles. The van der Waals surface area contributed by atoms with Crippen LogP contribution in [-0.2, 0) is 0 Å². The summed E-state index contributed by atoms with van der Waals surface area (Å²) in [5.74, 6) is -1.12. The molecule has 0 unspecified atom stereocenters. The molecule has 124 valence electrons. The molecule has 9 nitrogen and oxygen atoms in total. The molecule has 0 aromatic heterocycles. The zero-order chi connectivity index (χ0) is 17.7. The lowest BCUT2D eigenvalue weighted by Crippen LogP contribution is -2.17. The topological polar surface area (TPSA) is 140 Å². The fraction of sp³-hybridized carbons (Fsp3) is 0.0667. The summed E-state index contributed by atoms with van der Waals surface area (Å²) in [6.07, 6.45) is 1.20. The van der Waals surface area contributed by atoms with Gasteiger partial charge in [-0.25, -0.2) is 5.43 Å². The molecule has 0 heterocycles. The third kappa shape index (κ3) is 3.77. The van der Waals surface area contributed by atoms with E-state index in [1.165, 1.54) is 31.5 Å². The lowest BCUT2D eigenvalue weighted by Gasteiger charge is -2.05. The Morgan fingerprint density at radius 1 is 1.38 bits per heavy atom. The molecule has 4 N–H and O–H groups in total. The van der Waals surface area contributed by atoms with Crippen molar-refractivity contribution in [2.75, 3.05) is 12.8 Å². The fourth-order valence-corrected chi connectivity index (χ4v) is 1.85. The minimum atomic E-state index is -0.748. The SMILES string of the molecule is COc1cc(/C=N\NC(=O)c2ccc(N)cc2)cc([N+](=O)[O-])c1O. The Morgan fingerprint density at radius 3 is 2.62 bits per heavy atom. The summed E-state index contributed by atoms with van der Waals surface area (Å²) in [6.45, 7) is 0. The lowest BCUT2D eigenvalue weighted by atomic mass is 10.2. The van der Waals surface area contributed by atoms with E-state index >= 15 is 0 Å². The zero-order valence-corrected chi connectivity index (χ0v) is 12.6. The first-order valence-electron chi connectivity index (χ1n) is 6.66. The second-order valence-electron chi connectivity index (χ2n) is 4.67. The van der Waals surface area contributed by atoms with Gasteiger partial charge in [0.15, 0.2) is 5.75 Å². The maximum atomic E-state index is 11.9. The molecule has 0 bridgehead atoms. The van der Waals surface area contributed by atoms with Crippen LogP contribution in [-0.4, -0.2) is 29.3 Å². The second kappa shape index (κ2) is 7.09. The first-order chi connectivity index (χ1) is 11.4. The quantitative estimate of drug-likeness (QED) is 0.329. The normalized spacial score (nSPS) is 10.5. The van der Waals surface area contributed by atoms with Gasteiger partial charge in [-0.15, -0.1) is 0 Å². The molecule has 0 saturated heterocycles. The van der Waals surface area contributed by atoms with E-state index in [2.05, 4.69) is 10.5 Å². The average molecular weight is 330 g/mol. The second-order valence-corrected chi connectivity index (χ2v) is 4.67. The van der Waals surface area contributed by atoms with Gasteiger partial charge >= 0.3 is 5.69 Å². The van der Waals surface area contributed by atoms with Crippen molar-refractivity contribution in [2.45, 2.75) is 0 Å². The smallest absolute Gasteiger partial charge is 0.315 e. The lowest BCUT2D eigenvalue weighted by molar-refractivity contribution is -0.386. The molecule has 0 saturated carbocycles. The number of ether oxygens (including phenoxy) is 1. The van der Waals surface area contributed by atoms with E-state index in [1.807, 2.05) is 0 Å². The number of hydrogen-bond acceptors (Lipinski definition) is 7. The summed E-state index contributed by atoms with van der Waals surface area (Å²) in [6, 6.07) is 8.68. The fourth-order valence-electron chi connectivity index (χ4n) is 1.85. The van der Waals surface area contributed by atoms with Crippen molar-refractivity contribution in [1.82, 2.24) is 5.43 Å². The summed E-state index contributed by atoms with van der Waals surface area (Å²) in [7, 11) is 1.27. The number of nitrogens with one attached hydrogen (secondary N) is 1. The van der Waals surface area contributed by atoms with E-state index in [9.17, 15) is 20.0 Å². The molecule has 0 fully saturated rings. The molecule has 0 radical (unpaired) electrons. The first-order valence-corrected chi connectivity index (χ1v) is 6.66. The van der Waals surface area contributed by atoms with Crippen molar-refractivity contribution in [1.29, 1.82) is 0 Å². The summed E-state index contributed by atoms with van der Waals surface area (Å²) in [4.78, 5) is 22.0. The Hall–Kier alpha value is -3.62. The van der Waals surface area contributed by atoms with Crippen LogP contribution in [0.5, 0.6) is 11.5 Å². The molecule has 2 aromatic carbocycles. The summed E-state index contributed by atoms with van der Waals surface area (Å²) < 4.78 is 4.87. The molecule has 2 rings (SSSR count). The number of carbonyl (C=O) groups is 1. The molecule has 0 atom stereocenters. The van der Waals surface area contributed by atoms with E-state index < -0.39 is 22.3 Å². The van der Waals surface area contributed by atoms with Gasteiger partial charge in [0.25, 0.3) is 5.91 Å². The van der Waals surface area contributed by atoms with Crippen LogP contribution in [0.15, 0.2) is 41.5 Å². The number of nitro benzene ring substituents is 1. The number of phenols is 1.